The Balaban J connectivity index is 2.34. The minimum absolute atomic E-state index is 0.288. The Hall–Kier alpha value is -1.85. The maximum Gasteiger partial charge on any atom is 0.175 e. The van der Waals surface area contributed by atoms with Crippen LogP contribution in [-0.4, -0.2) is 21.3 Å². The van der Waals surface area contributed by atoms with Gasteiger partial charge in [0, 0.05) is 11.8 Å². The lowest BCUT2D eigenvalue weighted by molar-refractivity contribution is 0.335. The first-order valence-electron chi connectivity index (χ1n) is 6.71. The molecule has 112 valence electrons. The average Bonchev–Trinajstić information content (AvgIpc) is 2.47. The zero-order valence-electron chi connectivity index (χ0n) is 12.1. The Morgan fingerprint density at radius 2 is 1.71 bits per heavy atom. The van der Waals surface area contributed by atoms with Crippen molar-refractivity contribution in [2.24, 2.45) is 5.73 Å². The summed E-state index contributed by atoms with van der Waals surface area (Å²) in [4.78, 5) is 0.288. The minimum atomic E-state index is -3.19. The van der Waals surface area contributed by atoms with E-state index in [4.69, 9.17) is 10.5 Å². The van der Waals surface area contributed by atoms with Gasteiger partial charge in [0.2, 0.25) is 0 Å². The van der Waals surface area contributed by atoms with Gasteiger partial charge in [0.25, 0.3) is 0 Å². The molecule has 0 saturated carbocycles. The Labute approximate surface area is 125 Å². The summed E-state index contributed by atoms with van der Waals surface area (Å²) in [7, 11) is -3.19. The quantitative estimate of drug-likeness (QED) is 0.921. The third kappa shape index (κ3) is 3.62. The van der Waals surface area contributed by atoms with Crippen LogP contribution in [0.25, 0.3) is 0 Å². The molecule has 0 spiro atoms. The van der Waals surface area contributed by atoms with Gasteiger partial charge >= 0.3 is 0 Å². The van der Waals surface area contributed by atoms with Gasteiger partial charge in [0.15, 0.2) is 9.84 Å². The first-order valence-corrected chi connectivity index (χ1v) is 8.60. The van der Waals surface area contributed by atoms with E-state index in [0.29, 0.717) is 6.61 Å². The molecule has 0 bridgehead atoms. The fourth-order valence-corrected chi connectivity index (χ4v) is 2.76. The van der Waals surface area contributed by atoms with Crippen molar-refractivity contribution >= 4 is 9.84 Å². The van der Waals surface area contributed by atoms with E-state index < -0.39 is 9.84 Å². The number of rotatable bonds is 5. The maximum atomic E-state index is 11.5. The summed E-state index contributed by atoms with van der Waals surface area (Å²) < 4.78 is 28.5. The van der Waals surface area contributed by atoms with Crippen LogP contribution in [0.4, 0.5) is 0 Å². The molecular weight excluding hydrogens is 286 g/mol. The van der Waals surface area contributed by atoms with Gasteiger partial charge in [-0.2, -0.15) is 0 Å². The zero-order chi connectivity index (χ0) is 15.5. The number of benzene rings is 2. The third-order valence-corrected chi connectivity index (χ3v) is 4.35. The fourth-order valence-electron chi connectivity index (χ4n) is 2.13. The molecule has 5 heteroatoms. The molecule has 0 radical (unpaired) electrons. The fraction of sp³-hybridized carbons (Fsp3) is 0.250. The van der Waals surface area contributed by atoms with Crippen molar-refractivity contribution in [2.45, 2.75) is 17.9 Å². The second-order valence-corrected chi connectivity index (χ2v) is 6.81. The number of nitrogens with two attached hydrogens (primary N) is 1. The van der Waals surface area contributed by atoms with E-state index in [0.717, 1.165) is 16.9 Å². The summed E-state index contributed by atoms with van der Waals surface area (Å²) in [6, 6.07) is 13.9. The number of sulfone groups is 1. The van der Waals surface area contributed by atoms with Crippen LogP contribution < -0.4 is 10.5 Å². The van der Waals surface area contributed by atoms with Crippen molar-refractivity contribution in [1.29, 1.82) is 0 Å². The van der Waals surface area contributed by atoms with Gasteiger partial charge in [-0.1, -0.05) is 30.3 Å². The highest BCUT2D eigenvalue weighted by atomic mass is 32.2. The zero-order valence-corrected chi connectivity index (χ0v) is 12.9. The van der Waals surface area contributed by atoms with E-state index in [1.165, 1.54) is 6.26 Å². The van der Waals surface area contributed by atoms with Crippen LogP contribution in [0.2, 0.25) is 0 Å². The SMILES string of the molecule is CCOc1ccccc1C(N)c1ccc(S(C)(=O)=O)cc1. The molecule has 0 aromatic heterocycles. The van der Waals surface area contributed by atoms with Crippen LogP contribution in [0.5, 0.6) is 5.75 Å². The lowest BCUT2D eigenvalue weighted by Gasteiger charge is -2.17. The normalized spacial score (nSPS) is 12.9. The van der Waals surface area contributed by atoms with Crippen molar-refractivity contribution in [2.75, 3.05) is 12.9 Å². The Kier molecular flexibility index (Phi) is 4.65. The molecule has 21 heavy (non-hydrogen) atoms. The standard InChI is InChI=1S/C16H19NO3S/c1-3-20-15-7-5-4-6-14(15)16(17)12-8-10-13(11-9-12)21(2,18)19/h4-11,16H,3,17H2,1-2H3. The Bertz CT molecular complexity index is 709. The molecule has 2 aromatic carbocycles. The van der Waals surface area contributed by atoms with Crippen molar-refractivity contribution < 1.29 is 13.2 Å². The molecule has 1 unspecified atom stereocenters. The van der Waals surface area contributed by atoms with Gasteiger partial charge in [-0.15, -0.1) is 0 Å². The van der Waals surface area contributed by atoms with Gasteiger partial charge < -0.3 is 10.5 Å². The molecule has 2 rings (SSSR count). The number of para-hydroxylation sites is 1. The monoisotopic (exact) mass is 305 g/mol. The molecule has 1 atom stereocenters. The number of hydrogen-bond donors (Lipinski definition) is 1. The lowest BCUT2D eigenvalue weighted by Crippen LogP contribution is -2.13. The maximum absolute atomic E-state index is 11.5. The summed E-state index contributed by atoms with van der Waals surface area (Å²) in [5.74, 6) is 0.750. The predicted molar refractivity (Wildman–Crippen MR) is 83.2 cm³/mol. The average molecular weight is 305 g/mol. The van der Waals surface area contributed by atoms with E-state index in [-0.39, 0.29) is 10.9 Å². The Morgan fingerprint density at radius 3 is 2.29 bits per heavy atom. The molecule has 4 nitrogen and oxygen atoms in total. The van der Waals surface area contributed by atoms with Crippen molar-refractivity contribution in [3.8, 4) is 5.75 Å². The van der Waals surface area contributed by atoms with Crippen LogP contribution in [0.15, 0.2) is 53.4 Å². The molecule has 0 aliphatic rings. The molecule has 0 amide bonds. The largest absolute Gasteiger partial charge is 0.494 e. The van der Waals surface area contributed by atoms with Crippen LogP contribution in [0, 0.1) is 0 Å². The smallest absolute Gasteiger partial charge is 0.175 e. The van der Waals surface area contributed by atoms with Gasteiger partial charge in [0.05, 0.1) is 17.5 Å². The van der Waals surface area contributed by atoms with Crippen LogP contribution >= 0.6 is 0 Å². The van der Waals surface area contributed by atoms with Crippen LogP contribution in [-0.2, 0) is 9.84 Å². The van der Waals surface area contributed by atoms with Crippen LogP contribution in [0.3, 0.4) is 0 Å². The summed E-state index contributed by atoms with van der Waals surface area (Å²) in [6.07, 6.45) is 1.19. The van der Waals surface area contributed by atoms with E-state index in [9.17, 15) is 8.42 Å². The van der Waals surface area contributed by atoms with E-state index in [2.05, 4.69) is 0 Å². The summed E-state index contributed by atoms with van der Waals surface area (Å²) in [5, 5.41) is 0. The van der Waals surface area contributed by atoms with E-state index in [1.54, 1.807) is 24.3 Å². The molecule has 0 saturated heterocycles. The van der Waals surface area contributed by atoms with Crippen molar-refractivity contribution in [3.63, 3.8) is 0 Å². The van der Waals surface area contributed by atoms with Gasteiger partial charge in [0.1, 0.15) is 5.75 Å². The number of ether oxygens (including phenoxy) is 1. The summed E-state index contributed by atoms with van der Waals surface area (Å²) in [6.45, 7) is 2.49. The molecule has 0 heterocycles. The van der Waals surface area contributed by atoms with Crippen LogP contribution in [0.1, 0.15) is 24.1 Å². The third-order valence-electron chi connectivity index (χ3n) is 3.22. The van der Waals surface area contributed by atoms with Gasteiger partial charge in [-0.3, -0.25) is 0 Å². The topological polar surface area (TPSA) is 69.4 Å². The van der Waals surface area contributed by atoms with Gasteiger partial charge in [-0.05, 0) is 30.7 Å². The van der Waals surface area contributed by atoms with E-state index >= 15 is 0 Å². The minimum Gasteiger partial charge on any atom is -0.494 e. The number of hydrogen-bond acceptors (Lipinski definition) is 4. The molecule has 0 aliphatic heterocycles. The molecule has 0 fully saturated rings. The molecule has 0 aliphatic carbocycles. The summed E-state index contributed by atoms with van der Waals surface area (Å²) >= 11 is 0. The van der Waals surface area contributed by atoms with Gasteiger partial charge in [-0.25, -0.2) is 8.42 Å². The molecular formula is C16H19NO3S. The highest BCUT2D eigenvalue weighted by Gasteiger charge is 2.15. The lowest BCUT2D eigenvalue weighted by atomic mass is 9.99. The first kappa shape index (κ1) is 15.5. The second-order valence-electron chi connectivity index (χ2n) is 4.79. The molecule has 2 N–H and O–H groups in total. The summed E-state index contributed by atoms with van der Waals surface area (Å²) in [5.41, 5.74) is 8.00. The van der Waals surface area contributed by atoms with E-state index in [1.807, 2.05) is 31.2 Å². The first-order chi connectivity index (χ1) is 9.93. The van der Waals surface area contributed by atoms with Crippen molar-refractivity contribution in [3.05, 3.63) is 59.7 Å². The second kappa shape index (κ2) is 6.28. The highest BCUT2D eigenvalue weighted by Crippen LogP contribution is 2.28. The highest BCUT2D eigenvalue weighted by molar-refractivity contribution is 7.90. The van der Waals surface area contributed by atoms with Crippen molar-refractivity contribution in [1.82, 2.24) is 0 Å². The Morgan fingerprint density at radius 1 is 1.10 bits per heavy atom. The predicted octanol–water partition coefficient (Wildman–Crippen LogP) is 2.54. The molecule has 2 aromatic rings.